The zero-order chi connectivity index (χ0) is 24.0. The average Bonchev–Trinajstić information content (AvgIpc) is 3.37. The largest absolute Gasteiger partial charge is 0.494 e. The van der Waals surface area contributed by atoms with Crippen molar-refractivity contribution in [2.24, 2.45) is 5.11 Å². The zero-order valence-corrected chi connectivity index (χ0v) is 22.1. The number of rotatable bonds is 14. The summed E-state index contributed by atoms with van der Waals surface area (Å²) in [4.78, 5) is 4.47. The number of hydrogen-bond donors (Lipinski definition) is 0. The second-order valence-corrected chi connectivity index (χ2v) is 9.68. The molecule has 2 aromatic rings. The number of hydrogen-bond acceptors (Lipinski definition) is 4. The third-order valence-corrected chi connectivity index (χ3v) is 6.43. The van der Waals surface area contributed by atoms with Crippen molar-refractivity contribution >= 4 is 21.6 Å². The van der Waals surface area contributed by atoms with Gasteiger partial charge in [0, 0.05) is 22.6 Å². The van der Waals surface area contributed by atoms with Gasteiger partial charge in [-0.15, -0.1) is 0 Å². The quantitative estimate of drug-likeness (QED) is 0.110. The molecule has 0 amide bonds. The van der Waals surface area contributed by atoms with E-state index in [1.165, 1.54) is 32.1 Å². The molecule has 3 rings (SSSR count). The summed E-state index contributed by atoms with van der Waals surface area (Å²) in [6, 6.07) is 16.4. The lowest BCUT2D eigenvalue weighted by molar-refractivity contribution is -0.101. The Labute approximate surface area is 212 Å². The highest BCUT2D eigenvalue weighted by atomic mass is 79.9. The van der Waals surface area contributed by atoms with Crippen LogP contribution in [0.1, 0.15) is 82.4 Å². The Balaban J connectivity index is 1.48. The topological polar surface area (TPSA) is 54.2 Å². The Kier molecular flexibility index (Phi) is 11.8. The van der Waals surface area contributed by atoms with Gasteiger partial charge < -0.3 is 14.2 Å². The van der Waals surface area contributed by atoms with Crippen LogP contribution in [0, 0.1) is 0 Å². The van der Waals surface area contributed by atoms with E-state index in [2.05, 4.69) is 57.0 Å². The van der Waals surface area contributed by atoms with Gasteiger partial charge in [-0.05, 0) is 48.6 Å². The molecule has 6 heteroatoms. The standard InChI is InChI=1S/C28H38BrN2O3/c1-3-22(2)30-31-28(23-13-9-8-10-14-23)24-19-25(29)21-26(20-24)32-16-12-7-5-4-6-11-15-27-33-17-18-34-27/h8-10,13-14,19-21,27-28H,3-7,11-12,15-18H2,1-2H3/q+1. The smallest absolute Gasteiger partial charge is 0.315 e. The van der Waals surface area contributed by atoms with Crippen LogP contribution in [0.25, 0.3) is 0 Å². The Hall–Kier alpha value is -1.98. The highest BCUT2D eigenvalue weighted by molar-refractivity contribution is 9.10. The summed E-state index contributed by atoms with van der Waals surface area (Å²) in [5.41, 5.74) is 3.20. The molecule has 0 radical (unpaired) electrons. The second kappa shape index (κ2) is 15.1. The SMILES string of the molecule is CCC(C)=[N+]=NC(c1ccccc1)c1cc(Br)cc(OCCCCCCCCC2OCCO2)c1. The van der Waals surface area contributed by atoms with Gasteiger partial charge in [0.25, 0.3) is 0 Å². The van der Waals surface area contributed by atoms with Crippen molar-refractivity contribution in [2.45, 2.75) is 77.5 Å². The highest BCUT2D eigenvalue weighted by Gasteiger charge is 2.20. The zero-order valence-electron chi connectivity index (χ0n) is 20.5. The van der Waals surface area contributed by atoms with Crippen LogP contribution < -0.4 is 4.74 Å². The van der Waals surface area contributed by atoms with E-state index in [1.807, 2.05) is 31.2 Å². The van der Waals surface area contributed by atoms with E-state index in [1.54, 1.807) is 0 Å². The van der Waals surface area contributed by atoms with Crippen LogP contribution in [0.5, 0.6) is 5.75 Å². The molecule has 1 heterocycles. The van der Waals surface area contributed by atoms with Gasteiger partial charge in [0.2, 0.25) is 0 Å². The normalized spacial score (nSPS) is 14.6. The van der Waals surface area contributed by atoms with Gasteiger partial charge >= 0.3 is 5.71 Å². The van der Waals surface area contributed by atoms with E-state index in [0.717, 1.165) is 66.1 Å². The van der Waals surface area contributed by atoms with Crippen molar-refractivity contribution < 1.29 is 19.0 Å². The molecule has 1 aliphatic heterocycles. The van der Waals surface area contributed by atoms with Crippen LogP contribution in [-0.2, 0) is 9.47 Å². The van der Waals surface area contributed by atoms with Crippen molar-refractivity contribution in [1.29, 1.82) is 0 Å². The van der Waals surface area contributed by atoms with Crippen LogP contribution in [0.4, 0.5) is 0 Å². The van der Waals surface area contributed by atoms with Crippen LogP contribution >= 0.6 is 15.9 Å². The fraction of sp³-hybridized carbons (Fsp3) is 0.536. The van der Waals surface area contributed by atoms with E-state index in [-0.39, 0.29) is 12.3 Å². The maximum absolute atomic E-state index is 6.11. The van der Waals surface area contributed by atoms with Crippen LogP contribution in [-0.4, -0.2) is 36.6 Å². The predicted octanol–water partition coefficient (Wildman–Crippen LogP) is 7.55. The van der Waals surface area contributed by atoms with Crippen LogP contribution in [0.3, 0.4) is 0 Å². The molecule has 0 bridgehead atoms. The summed E-state index contributed by atoms with van der Waals surface area (Å²) in [5.74, 6) is 0.869. The summed E-state index contributed by atoms with van der Waals surface area (Å²) < 4.78 is 18.1. The molecule has 5 nitrogen and oxygen atoms in total. The van der Waals surface area contributed by atoms with Crippen LogP contribution in [0.2, 0.25) is 0 Å². The molecule has 0 spiro atoms. The number of unbranched alkanes of at least 4 members (excludes halogenated alkanes) is 5. The van der Waals surface area contributed by atoms with Crippen molar-refractivity contribution in [3.05, 3.63) is 64.1 Å². The maximum atomic E-state index is 6.11. The molecular formula is C28H38BrN2O3+. The van der Waals surface area contributed by atoms with E-state index < -0.39 is 0 Å². The third-order valence-electron chi connectivity index (χ3n) is 5.97. The molecule has 34 heavy (non-hydrogen) atoms. The van der Waals surface area contributed by atoms with Gasteiger partial charge in [-0.3, -0.25) is 0 Å². The molecule has 2 aromatic carbocycles. The lowest BCUT2D eigenvalue weighted by Gasteiger charge is -2.12. The number of benzene rings is 2. The van der Waals surface area contributed by atoms with Crippen molar-refractivity contribution in [3.63, 3.8) is 0 Å². The number of halogens is 1. The van der Waals surface area contributed by atoms with Gasteiger partial charge in [0.05, 0.1) is 24.9 Å². The Morgan fingerprint density at radius 1 is 1.00 bits per heavy atom. The third kappa shape index (κ3) is 9.34. The van der Waals surface area contributed by atoms with Crippen LogP contribution in [0.15, 0.2) is 58.1 Å². The predicted molar refractivity (Wildman–Crippen MR) is 140 cm³/mol. The van der Waals surface area contributed by atoms with E-state index >= 15 is 0 Å². The molecular weight excluding hydrogens is 492 g/mol. The second-order valence-electron chi connectivity index (χ2n) is 8.77. The monoisotopic (exact) mass is 529 g/mol. The molecule has 1 saturated heterocycles. The molecule has 184 valence electrons. The maximum Gasteiger partial charge on any atom is 0.315 e. The van der Waals surface area contributed by atoms with E-state index in [9.17, 15) is 0 Å². The molecule has 1 atom stereocenters. The average molecular weight is 531 g/mol. The summed E-state index contributed by atoms with van der Waals surface area (Å²) in [6.07, 6.45) is 9.11. The summed E-state index contributed by atoms with van der Waals surface area (Å²) in [6.45, 7) is 6.33. The van der Waals surface area contributed by atoms with E-state index in [0.29, 0.717) is 0 Å². The first-order valence-corrected chi connectivity index (χ1v) is 13.4. The summed E-state index contributed by atoms with van der Waals surface area (Å²) in [7, 11) is 0. The fourth-order valence-corrected chi connectivity index (χ4v) is 4.39. The highest BCUT2D eigenvalue weighted by Crippen LogP contribution is 2.31. The number of nitrogens with zero attached hydrogens (tertiary/aromatic N) is 2. The molecule has 1 fully saturated rings. The fourth-order valence-electron chi connectivity index (χ4n) is 3.90. The Bertz CT molecular complexity index is 923. The first kappa shape index (κ1) is 26.6. The molecule has 1 unspecified atom stereocenters. The van der Waals surface area contributed by atoms with Crippen molar-refractivity contribution in [2.75, 3.05) is 19.8 Å². The summed E-state index contributed by atoms with van der Waals surface area (Å²) in [5, 5.41) is 4.68. The van der Waals surface area contributed by atoms with Crippen molar-refractivity contribution in [1.82, 2.24) is 0 Å². The van der Waals surface area contributed by atoms with E-state index in [4.69, 9.17) is 14.2 Å². The van der Waals surface area contributed by atoms with Gasteiger partial charge in [-0.1, -0.05) is 78.9 Å². The minimum atomic E-state index is -0.164. The van der Waals surface area contributed by atoms with Gasteiger partial charge in [-0.25, -0.2) is 0 Å². The lowest BCUT2D eigenvalue weighted by Crippen LogP contribution is -2.06. The molecule has 0 aliphatic carbocycles. The van der Waals surface area contributed by atoms with Crippen molar-refractivity contribution in [3.8, 4) is 5.75 Å². The first-order chi connectivity index (χ1) is 16.7. The lowest BCUT2D eigenvalue weighted by atomic mass is 9.99. The molecule has 0 N–H and O–H groups in total. The molecule has 0 saturated carbocycles. The Morgan fingerprint density at radius 3 is 2.44 bits per heavy atom. The summed E-state index contributed by atoms with van der Waals surface area (Å²) >= 11 is 3.65. The minimum absolute atomic E-state index is 0.0419. The van der Waals surface area contributed by atoms with Gasteiger partial charge in [0.15, 0.2) is 12.3 Å². The first-order valence-electron chi connectivity index (χ1n) is 12.6. The molecule has 1 aliphatic rings. The number of ether oxygens (including phenoxy) is 3. The Morgan fingerprint density at radius 2 is 1.71 bits per heavy atom. The van der Waals surface area contributed by atoms with Gasteiger partial charge in [-0.2, -0.15) is 0 Å². The van der Waals surface area contributed by atoms with Gasteiger partial charge in [0.1, 0.15) is 5.75 Å². The minimum Gasteiger partial charge on any atom is -0.494 e. The molecule has 0 aromatic heterocycles.